The van der Waals surface area contributed by atoms with Crippen LogP contribution in [0.1, 0.15) is 47.3 Å². The largest absolute Gasteiger partial charge is 0.417 e. The number of carbonyl (C=O) groups excluding carboxylic acids is 1. The van der Waals surface area contributed by atoms with Crippen molar-refractivity contribution in [2.75, 3.05) is 0 Å². The number of alkyl halides is 6. The predicted molar refractivity (Wildman–Crippen MR) is 101 cm³/mol. The molecule has 0 aliphatic heterocycles. The Bertz CT molecular complexity index is 1070. The molecule has 174 valence electrons. The number of aromatic nitrogens is 1. The Hall–Kier alpha value is -2.63. The molecule has 1 saturated carbocycles. The van der Waals surface area contributed by atoms with Crippen molar-refractivity contribution in [3.05, 3.63) is 59.4 Å². The highest BCUT2D eigenvalue weighted by Gasteiger charge is 2.36. The number of hydrogen-bond donors (Lipinski definition) is 1. The molecule has 1 aromatic heterocycles. The molecular weight excluding hydrogens is 462 g/mol. The topological polar surface area (TPSA) is 76.1 Å². The molecule has 12 heteroatoms. The highest BCUT2D eigenvalue weighted by atomic mass is 32.2. The van der Waals surface area contributed by atoms with Crippen LogP contribution in [0.4, 0.5) is 26.3 Å². The number of benzene rings is 1. The molecule has 0 bridgehead atoms. The number of rotatable bonds is 4. The second-order valence-electron chi connectivity index (χ2n) is 7.45. The Morgan fingerprint density at radius 2 is 1.53 bits per heavy atom. The van der Waals surface area contributed by atoms with E-state index in [4.69, 9.17) is 0 Å². The molecule has 1 fully saturated rings. The van der Waals surface area contributed by atoms with Gasteiger partial charge in [-0.1, -0.05) is 6.07 Å². The minimum Gasteiger partial charge on any atom is -0.348 e. The molecule has 0 radical (unpaired) electrons. The summed E-state index contributed by atoms with van der Waals surface area (Å²) in [6, 6.07) is 4.81. The van der Waals surface area contributed by atoms with Crippen molar-refractivity contribution in [2.24, 2.45) is 0 Å². The van der Waals surface area contributed by atoms with Gasteiger partial charge in [0.25, 0.3) is 5.91 Å². The van der Waals surface area contributed by atoms with E-state index in [-0.39, 0.29) is 31.4 Å². The molecule has 1 N–H and O–H groups in total. The smallest absolute Gasteiger partial charge is 0.348 e. The molecule has 32 heavy (non-hydrogen) atoms. The lowest BCUT2D eigenvalue weighted by Gasteiger charge is -2.29. The molecular formula is C20H18F6N2O3S. The average molecular weight is 480 g/mol. The second-order valence-corrected chi connectivity index (χ2v) is 9.68. The summed E-state index contributed by atoms with van der Waals surface area (Å²) < 4.78 is 102. The molecule has 0 saturated heterocycles. The summed E-state index contributed by atoms with van der Waals surface area (Å²) >= 11 is 0. The normalized spacial score (nSPS) is 20.1. The molecule has 2 aromatic rings. The fourth-order valence-corrected chi connectivity index (χ4v) is 5.35. The maximum absolute atomic E-state index is 12.9. The molecule has 1 amide bonds. The molecule has 0 atom stereocenters. The molecule has 0 spiro atoms. The number of carbonyl (C=O) groups is 1. The summed E-state index contributed by atoms with van der Waals surface area (Å²) in [4.78, 5) is 15.3. The summed E-state index contributed by atoms with van der Waals surface area (Å²) in [7, 11) is -4.00. The van der Waals surface area contributed by atoms with Gasteiger partial charge in [-0.25, -0.2) is 8.42 Å². The first kappa shape index (κ1) is 24.0. The van der Waals surface area contributed by atoms with Gasteiger partial charge in [0.15, 0.2) is 9.84 Å². The molecule has 1 aliphatic carbocycles. The number of halogens is 6. The van der Waals surface area contributed by atoms with Crippen molar-refractivity contribution in [3.8, 4) is 0 Å². The van der Waals surface area contributed by atoms with Crippen LogP contribution < -0.4 is 5.32 Å². The fourth-order valence-electron chi connectivity index (χ4n) is 3.51. The number of hydrogen-bond acceptors (Lipinski definition) is 4. The summed E-state index contributed by atoms with van der Waals surface area (Å²) in [5, 5.41) is 1.71. The SMILES string of the molecule is O=C(N[C@H]1CC[C@H](S(=O)(=O)c2cccc(C(F)(F)F)c2)CC1)c1ccc(C(F)(F)F)cn1. The first-order valence-corrected chi connectivity index (χ1v) is 11.1. The van der Waals surface area contributed by atoms with E-state index in [9.17, 15) is 39.6 Å². The Balaban J connectivity index is 1.62. The van der Waals surface area contributed by atoms with Crippen molar-refractivity contribution in [1.29, 1.82) is 0 Å². The highest BCUT2D eigenvalue weighted by Crippen LogP contribution is 2.34. The summed E-state index contributed by atoms with van der Waals surface area (Å²) in [5.41, 5.74) is -2.25. The zero-order chi connectivity index (χ0) is 23.7. The lowest BCUT2D eigenvalue weighted by Crippen LogP contribution is -2.40. The van der Waals surface area contributed by atoms with Crippen molar-refractivity contribution in [3.63, 3.8) is 0 Å². The van der Waals surface area contributed by atoms with Gasteiger partial charge in [-0.05, 0) is 56.0 Å². The quantitative estimate of drug-likeness (QED) is 0.648. The Labute approximate surface area is 179 Å². The van der Waals surface area contributed by atoms with E-state index >= 15 is 0 Å². The third-order valence-corrected chi connectivity index (χ3v) is 7.52. The summed E-state index contributed by atoms with van der Waals surface area (Å²) in [6.45, 7) is 0. The van der Waals surface area contributed by atoms with E-state index in [2.05, 4.69) is 10.3 Å². The van der Waals surface area contributed by atoms with Crippen LogP contribution >= 0.6 is 0 Å². The van der Waals surface area contributed by atoms with Crippen molar-refractivity contribution < 1.29 is 39.6 Å². The van der Waals surface area contributed by atoms with Gasteiger partial charge in [-0.15, -0.1) is 0 Å². The number of nitrogens with one attached hydrogen (secondary N) is 1. The minimum atomic E-state index is -4.67. The first-order valence-electron chi connectivity index (χ1n) is 9.54. The highest BCUT2D eigenvalue weighted by molar-refractivity contribution is 7.92. The maximum atomic E-state index is 12.9. The van der Waals surface area contributed by atoms with Gasteiger partial charge in [-0.2, -0.15) is 26.3 Å². The van der Waals surface area contributed by atoms with E-state index in [1.165, 1.54) is 0 Å². The molecule has 1 aliphatic rings. The van der Waals surface area contributed by atoms with E-state index in [1.807, 2.05) is 0 Å². The van der Waals surface area contributed by atoms with E-state index in [0.29, 0.717) is 12.3 Å². The summed E-state index contributed by atoms with van der Waals surface area (Å²) in [6.07, 6.45) is -7.98. The molecule has 3 rings (SSSR count). The summed E-state index contributed by atoms with van der Waals surface area (Å²) in [5.74, 6) is -0.692. The number of sulfone groups is 1. The van der Waals surface area contributed by atoms with Crippen LogP contribution in [-0.4, -0.2) is 30.6 Å². The van der Waals surface area contributed by atoms with Crippen LogP contribution in [0, 0.1) is 0 Å². The van der Waals surface area contributed by atoms with Crippen LogP contribution in [0.3, 0.4) is 0 Å². The van der Waals surface area contributed by atoms with Crippen molar-refractivity contribution in [2.45, 2.75) is 54.2 Å². The molecule has 1 aromatic carbocycles. The predicted octanol–water partition coefficient (Wildman–Crippen LogP) is 4.63. The van der Waals surface area contributed by atoms with Gasteiger partial charge in [0.1, 0.15) is 5.69 Å². The molecule has 5 nitrogen and oxygen atoms in total. The zero-order valence-electron chi connectivity index (χ0n) is 16.4. The van der Waals surface area contributed by atoms with Gasteiger partial charge < -0.3 is 5.32 Å². The fraction of sp³-hybridized carbons (Fsp3) is 0.400. The minimum absolute atomic E-state index is 0.115. The van der Waals surface area contributed by atoms with Crippen LogP contribution in [0.25, 0.3) is 0 Å². The Morgan fingerprint density at radius 1 is 0.906 bits per heavy atom. The van der Waals surface area contributed by atoms with E-state index in [1.54, 1.807) is 0 Å². The van der Waals surface area contributed by atoms with Gasteiger partial charge >= 0.3 is 12.4 Å². The van der Waals surface area contributed by atoms with Gasteiger partial charge in [0.05, 0.1) is 21.3 Å². The van der Waals surface area contributed by atoms with Gasteiger partial charge in [0, 0.05) is 12.2 Å². The van der Waals surface area contributed by atoms with Crippen molar-refractivity contribution in [1.82, 2.24) is 10.3 Å². The molecule has 1 heterocycles. The Morgan fingerprint density at radius 3 is 2.06 bits per heavy atom. The van der Waals surface area contributed by atoms with E-state index < -0.39 is 55.4 Å². The third kappa shape index (κ3) is 5.40. The molecule has 0 unspecified atom stereocenters. The third-order valence-electron chi connectivity index (χ3n) is 5.26. The van der Waals surface area contributed by atoms with Gasteiger partial charge in [-0.3, -0.25) is 9.78 Å². The number of pyridine rings is 1. The van der Waals surface area contributed by atoms with Crippen LogP contribution in [0.15, 0.2) is 47.5 Å². The first-order chi connectivity index (χ1) is 14.8. The van der Waals surface area contributed by atoms with Gasteiger partial charge in [0.2, 0.25) is 0 Å². The standard InChI is InChI=1S/C20H18F6N2O3S/c21-19(22,23)12-2-1-3-16(10-12)32(30,31)15-7-5-14(6-8-15)28-18(29)17-9-4-13(11-27-17)20(24,25)26/h1-4,9-11,14-15H,5-8H2,(H,28,29)/t14-,15-. The Kier molecular flexibility index (Phi) is 6.55. The monoisotopic (exact) mass is 480 g/mol. The lowest BCUT2D eigenvalue weighted by molar-refractivity contribution is -0.138. The number of nitrogens with zero attached hydrogens (tertiary/aromatic N) is 1. The average Bonchev–Trinajstić information content (AvgIpc) is 2.73. The maximum Gasteiger partial charge on any atom is 0.417 e. The van der Waals surface area contributed by atoms with E-state index in [0.717, 1.165) is 30.3 Å². The second kappa shape index (κ2) is 8.72. The van der Waals surface area contributed by atoms with Crippen LogP contribution in [0.2, 0.25) is 0 Å². The van der Waals surface area contributed by atoms with Crippen LogP contribution in [-0.2, 0) is 22.2 Å². The number of amides is 1. The lowest BCUT2D eigenvalue weighted by atomic mass is 9.95. The van der Waals surface area contributed by atoms with Crippen LogP contribution in [0.5, 0.6) is 0 Å². The zero-order valence-corrected chi connectivity index (χ0v) is 17.2. The van der Waals surface area contributed by atoms with Crippen molar-refractivity contribution >= 4 is 15.7 Å².